The van der Waals surface area contributed by atoms with Crippen molar-refractivity contribution in [1.29, 1.82) is 0 Å². The molecule has 0 aliphatic carbocycles. The summed E-state index contributed by atoms with van der Waals surface area (Å²) in [6.45, 7) is 0.866. The lowest BCUT2D eigenvalue weighted by atomic mass is 10.4. The van der Waals surface area contributed by atoms with Crippen molar-refractivity contribution in [3.63, 3.8) is 0 Å². The molecule has 17 heavy (non-hydrogen) atoms. The van der Waals surface area contributed by atoms with Gasteiger partial charge in [-0.2, -0.15) is 5.10 Å². The number of nitrogen functional groups attached to an aromatic ring is 1. The van der Waals surface area contributed by atoms with Crippen molar-refractivity contribution >= 4 is 27.3 Å². The molecule has 0 amide bonds. The van der Waals surface area contributed by atoms with Crippen molar-refractivity contribution in [3.8, 4) is 11.8 Å². The third-order valence-electron chi connectivity index (χ3n) is 2.24. The number of aromatic nitrogens is 3. The fourth-order valence-corrected chi connectivity index (χ4v) is 1.63. The number of hydrogen-bond acceptors (Lipinski definition) is 4. The Morgan fingerprint density at radius 3 is 3.12 bits per heavy atom. The van der Waals surface area contributed by atoms with E-state index >= 15 is 0 Å². The molecule has 2 aromatic rings. The monoisotopic (exact) mass is 293 g/mol. The number of halogens is 1. The Kier molecular flexibility index (Phi) is 3.61. The minimum atomic E-state index is 0.572. The summed E-state index contributed by atoms with van der Waals surface area (Å²) in [7, 11) is 1.90. The van der Waals surface area contributed by atoms with Gasteiger partial charge < -0.3 is 11.1 Å². The zero-order valence-corrected chi connectivity index (χ0v) is 11.0. The fourth-order valence-electron chi connectivity index (χ4n) is 1.36. The highest BCUT2D eigenvalue weighted by atomic mass is 79.9. The second-order valence-corrected chi connectivity index (χ2v) is 4.29. The molecule has 3 N–H and O–H groups in total. The van der Waals surface area contributed by atoms with Crippen LogP contribution in [0.25, 0.3) is 5.65 Å². The zero-order valence-electron chi connectivity index (χ0n) is 9.37. The quantitative estimate of drug-likeness (QED) is 0.641. The maximum atomic E-state index is 5.88. The zero-order chi connectivity index (χ0) is 12.3. The van der Waals surface area contributed by atoms with Crippen LogP contribution in [0.15, 0.2) is 16.9 Å². The van der Waals surface area contributed by atoms with Crippen LogP contribution < -0.4 is 11.1 Å². The summed E-state index contributed by atoms with van der Waals surface area (Å²) in [6, 6.07) is 0. The lowest BCUT2D eigenvalue weighted by molar-refractivity contribution is 0.818. The van der Waals surface area contributed by atoms with Gasteiger partial charge in [-0.05, 0) is 28.9 Å². The molecule has 0 aliphatic rings. The van der Waals surface area contributed by atoms with Gasteiger partial charge in [-0.3, -0.25) is 0 Å². The first-order valence-corrected chi connectivity index (χ1v) is 5.94. The van der Waals surface area contributed by atoms with E-state index in [2.05, 4.69) is 43.2 Å². The van der Waals surface area contributed by atoms with Crippen molar-refractivity contribution in [2.75, 3.05) is 19.3 Å². The maximum absolute atomic E-state index is 5.88. The predicted octanol–water partition coefficient (Wildman–Crippen LogP) is 1.03. The minimum Gasteiger partial charge on any atom is -0.395 e. The highest BCUT2D eigenvalue weighted by molar-refractivity contribution is 9.10. The molecule has 0 aromatic carbocycles. The van der Waals surface area contributed by atoms with E-state index in [1.54, 1.807) is 16.9 Å². The smallest absolute Gasteiger partial charge is 0.179 e. The van der Waals surface area contributed by atoms with Crippen molar-refractivity contribution in [1.82, 2.24) is 19.9 Å². The minimum absolute atomic E-state index is 0.572. The molecule has 5 nitrogen and oxygen atoms in total. The van der Waals surface area contributed by atoms with Crippen molar-refractivity contribution in [2.45, 2.75) is 6.42 Å². The van der Waals surface area contributed by atoms with Gasteiger partial charge in [-0.15, -0.1) is 0 Å². The average Bonchev–Trinajstić information content (AvgIpc) is 2.73. The van der Waals surface area contributed by atoms with Crippen LogP contribution in [0.2, 0.25) is 0 Å². The van der Waals surface area contributed by atoms with Gasteiger partial charge in [-0.25, -0.2) is 9.50 Å². The van der Waals surface area contributed by atoms with E-state index in [0.717, 1.165) is 23.1 Å². The summed E-state index contributed by atoms with van der Waals surface area (Å²) in [5, 5.41) is 7.24. The molecule has 0 radical (unpaired) electrons. The standard InChI is InChI=1S/C11H12BrN5/c1-14-5-3-2-4-8-6-15-11-10(13)9(12)7-16-17(8)11/h6-7,14H,3,5,13H2,1H3. The highest BCUT2D eigenvalue weighted by Crippen LogP contribution is 2.21. The van der Waals surface area contributed by atoms with Crippen LogP contribution in [0.1, 0.15) is 12.1 Å². The van der Waals surface area contributed by atoms with Gasteiger partial charge in [0.1, 0.15) is 5.69 Å². The summed E-state index contributed by atoms with van der Waals surface area (Å²) in [5.41, 5.74) is 7.82. The molecule has 0 atom stereocenters. The Balaban J connectivity index is 2.36. The van der Waals surface area contributed by atoms with E-state index in [1.807, 2.05) is 7.05 Å². The lowest BCUT2D eigenvalue weighted by Gasteiger charge is -1.99. The van der Waals surface area contributed by atoms with Crippen LogP contribution in [0.4, 0.5) is 5.69 Å². The average molecular weight is 294 g/mol. The SMILES string of the molecule is CNCCC#Cc1cnc2c(N)c(Br)cnn12. The lowest BCUT2D eigenvalue weighted by Crippen LogP contribution is -2.06. The van der Waals surface area contributed by atoms with Gasteiger partial charge in [0.15, 0.2) is 5.65 Å². The highest BCUT2D eigenvalue weighted by Gasteiger charge is 2.07. The molecule has 0 aliphatic heterocycles. The van der Waals surface area contributed by atoms with E-state index in [-0.39, 0.29) is 0 Å². The number of hydrogen-bond donors (Lipinski definition) is 2. The normalized spacial score (nSPS) is 10.2. The van der Waals surface area contributed by atoms with Crippen LogP contribution in [0.3, 0.4) is 0 Å². The first-order chi connectivity index (χ1) is 8.24. The summed E-state index contributed by atoms with van der Waals surface area (Å²) in [5.74, 6) is 6.08. The molecule has 6 heteroatoms. The van der Waals surface area contributed by atoms with Gasteiger partial charge in [0.2, 0.25) is 0 Å². The number of nitrogens with one attached hydrogen (secondary N) is 1. The molecular formula is C11H12BrN5. The largest absolute Gasteiger partial charge is 0.395 e. The second kappa shape index (κ2) is 5.17. The van der Waals surface area contributed by atoms with Gasteiger partial charge >= 0.3 is 0 Å². The molecule has 0 bridgehead atoms. The summed E-state index contributed by atoms with van der Waals surface area (Å²) >= 11 is 3.31. The number of anilines is 1. The summed E-state index contributed by atoms with van der Waals surface area (Å²) in [4.78, 5) is 4.21. The van der Waals surface area contributed by atoms with Crippen LogP contribution >= 0.6 is 15.9 Å². The Labute approximate surface area is 108 Å². The first kappa shape index (κ1) is 11.9. The van der Waals surface area contributed by atoms with E-state index in [4.69, 9.17) is 5.73 Å². The van der Waals surface area contributed by atoms with Gasteiger partial charge in [-0.1, -0.05) is 5.92 Å². The Hall–Kier alpha value is -1.58. The molecule has 2 aromatic heterocycles. The third-order valence-corrected chi connectivity index (χ3v) is 2.87. The van der Waals surface area contributed by atoms with Crippen molar-refractivity contribution in [3.05, 3.63) is 22.6 Å². The Morgan fingerprint density at radius 2 is 2.35 bits per heavy atom. The predicted molar refractivity (Wildman–Crippen MR) is 70.5 cm³/mol. The Morgan fingerprint density at radius 1 is 1.53 bits per heavy atom. The molecule has 2 rings (SSSR count). The number of imidazole rings is 1. The third kappa shape index (κ3) is 2.40. The maximum Gasteiger partial charge on any atom is 0.179 e. The molecule has 0 saturated carbocycles. The van der Waals surface area contributed by atoms with Crippen LogP contribution in [0, 0.1) is 11.8 Å². The number of nitrogens with two attached hydrogens (primary N) is 1. The molecule has 0 saturated heterocycles. The van der Waals surface area contributed by atoms with E-state index in [1.165, 1.54) is 0 Å². The van der Waals surface area contributed by atoms with E-state index < -0.39 is 0 Å². The van der Waals surface area contributed by atoms with Crippen LogP contribution in [-0.4, -0.2) is 28.2 Å². The van der Waals surface area contributed by atoms with Crippen LogP contribution in [-0.2, 0) is 0 Å². The van der Waals surface area contributed by atoms with Gasteiger partial charge in [0, 0.05) is 13.0 Å². The molecular weight excluding hydrogens is 282 g/mol. The van der Waals surface area contributed by atoms with Crippen molar-refractivity contribution < 1.29 is 0 Å². The molecule has 2 heterocycles. The van der Waals surface area contributed by atoms with Crippen LogP contribution in [0.5, 0.6) is 0 Å². The topological polar surface area (TPSA) is 68.2 Å². The molecule has 0 unspecified atom stereocenters. The summed E-state index contributed by atoms with van der Waals surface area (Å²) in [6.07, 6.45) is 4.11. The Bertz CT molecular complexity index is 593. The van der Waals surface area contributed by atoms with Crippen molar-refractivity contribution in [2.24, 2.45) is 0 Å². The first-order valence-electron chi connectivity index (χ1n) is 5.15. The fraction of sp³-hybridized carbons (Fsp3) is 0.273. The summed E-state index contributed by atoms with van der Waals surface area (Å²) < 4.78 is 2.39. The molecule has 0 fully saturated rings. The van der Waals surface area contributed by atoms with E-state index in [0.29, 0.717) is 11.3 Å². The molecule has 0 spiro atoms. The number of nitrogens with zero attached hydrogens (tertiary/aromatic N) is 3. The second-order valence-electron chi connectivity index (χ2n) is 3.44. The van der Waals surface area contributed by atoms with Gasteiger partial charge in [0.05, 0.1) is 22.6 Å². The van der Waals surface area contributed by atoms with Gasteiger partial charge in [0.25, 0.3) is 0 Å². The van der Waals surface area contributed by atoms with E-state index in [9.17, 15) is 0 Å². The number of rotatable bonds is 2. The number of fused-ring (bicyclic) bond motifs is 1. The molecule has 88 valence electrons.